The average Bonchev–Trinajstić information content (AvgIpc) is 2.81. The zero-order chi connectivity index (χ0) is 17.3. The van der Waals surface area contributed by atoms with Gasteiger partial charge in [-0.1, -0.05) is 65.8 Å². The van der Waals surface area contributed by atoms with Crippen LogP contribution < -0.4 is 0 Å². The Balaban J connectivity index is 2.13. The van der Waals surface area contributed by atoms with E-state index in [4.69, 9.17) is 0 Å². The minimum Gasteiger partial charge on any atom is -0.338 e. The van der Waals surface area contributed by atoms with Gasteiger partial charge in [0.05, 0.1) is 0 Å². The highest BCUT2D eigenvalue weighted by molar-refractivity contribution is 5.78. The lowest BCUT2D eigenvalue weighted by molar-refractivity contribution is -0.128. The summed E-state index contributed by atoms with van der Waals surface area (Å²) in [6, 6.07) is 8.97. The third-order valence-corrected chi connectivity index (χ3v) is 4.79. The number of amides is 1. The van der Waals surface area contributed by atoms with E-state index in [2.05, 4.69) is 65.8 Å². The Morgan fingerprint density at radius 2 is 1.65 bits per heavy atom. The maximum atomic E-state index is 11.8. The summed E-state index contributed by atoms with van der Waals surface area (Å²) in [5.41, 5.74) is 3.23. The van der Waals surface area contributed by atoms with Crippen molar-refractivity contribution in [3.8, 4) is 0 Å². The highest BCUT2D eigenvalue weighted by atomic mass is 16.2. The molecule has 1 heterocycles. The summed E-state index contributed by atoms with van der Waals surface area (Å²) in [6.07, 6.45) is 2.91. The van der Waals surface area contributed by atoms with Gasteiger partial charge in [0.25, 0.3) is 0 Å². The van der Waals surface area contributed by atoms with Gasteiger partial charge in [0.15, 0.2) is 0 Å². The van der Waals surface area contributed by atoms with Gasteiger partial charge in [0.1, 0.15) is 0 Å². The standard InChI is InChI=1S/C21H33NO/c1-20(2,3)14-18(21(4,5)6)17-11-9-16(10-12-17)15-22-13-7-8-19(22)23/h9-12,18H,7-8,13-15H2,1-6H3. The number of benzene rings is 1. The van der Waals surface area contributed by atoms with Crippen molar-refractivity contribution in [1.82, 2.24) is 4.90 Å². The van der Waals surface area contributed by atoms with Crippen molar-refractivity contribution >= 4 is 5.91 Å². The SMILES string of the molecule is CC(C)(C)CC(c1ccc(CN2CCCC2=O)cc1)C(C)(C)C. The molecule has 0 saturated carbocycles. The Kier molecular flexibility index (Phi) is 5.23. The molecular weight excluding hydrogens is 282 g/mol. The van der Waals surface area contributed by atoms with Crippen LogP contribution in [0.25, 0.3) is 0 Å². The van der Waals surface area contributed by atoms with Gasteiger partial charge in [-0.25, -0.2) is 0 Å². The Hall–Kier alpha value is -1.31. The van der Waals surface area contributed by atoms with Crippen LogP contribution in [-0.2, 0) is 11.3 Å². The Bertz CT molecular complexity index is 530. The van der Waals surface area contributed by atoms with Gasteiger partial charge in [-0.15, -0.1) is 0 Å². The minimum atomic E-state index is 0.250. The lowest BCUT2D eigenvalue weighted by Gasteiger charge is -2.36. The van der Waals surface area contributed by atoms with Crippen molar-refractivity contribution in [3.05, 3.63) is 35.4 Å². The number of likely N-dealkylation sites (tertiary alicyclic amines) is 1. The first-order valence-corrected chi connectivity index (χ1v) is 8.93. The molecule has 0 bridgehead atoms. The molecule has 0 aliphatic carbocycles. The van der Waals surface area contributed by atoms with Crippen LogP contribution >= 0.6 is 0 Å². The summed E-state index contributed by atoms with van der Waals surface area (Å²) in [5, 5.41) is 0. The van der Waals surface area contributed by atoms with E-state index in [1.807, 2.05) is 4.90 Å². The van der Waals surface area contributed by atoms with Crippen molar-refractivity contribution in [3.63, 3.8) is 0 Å². The van der Waals surface area contributed by atoms with Gasteiger partial charge < -0.3 is 4.90 Å². The summed E-state index contributed by atoms with van der Waals surface area (Å²) in [6.45, 7) is 15.6. The van der Waals surface area contributed by atoms with Crippen molar-refractivity contribution in [2.24, 2.45) is 10.8 Å². The molecule has 2 rings (SSSR count). The van der Waals surface area contributed by atoms with Gasteiger partial charge >= 0.3 is 0 Å². The van der Waals surface area contributed by atoms with Gasteiger partial charge in [-0.2, -0.15) is 0 Å². The van der Waals surface area contributed by atoms with E-state index in [9.17, 15) is 4.79 Å². The second-order valence-corrected chi connectivity index (χ2v) is 9.34. The second-order valence-electron chi connectivity index (χ2n) is 9.34. The van der Waals surface area contributed by atoms with Gasteiger partial charge in [0, 0.05) is 19.5 Å². The smallest absolute Gasteiger partial charge is 0.222 e. The van der Waals surface area contributed by atoms with E-state index >= 15 is 0 Å². The fraction of sp³-hybridized carbons (Fsp3) is 0.667. The van der Waals surface area contributed by atoms with E-state index in [-0.39, 0.29) is 5.41 Å². The molecule has 128 valence electrons. The molecule has 0 N–H and O–H groups in total. The van der Waals surface area contributed by atoms with E-state index in [0.717, 1.165) is 25.9 Å². The van der Waals surface area contributed by atoms with Crippen LogP contribution in [0.2, 0.25) is 0 Å². The van der Waals surface area contributed by atoms with Gasteiger partial charge in [-0.05, 0) is 40.7 Å². The van der Waals surface area contributed by atoms with E-state index in [0.29, 0.717) is 17.2 Å². The number of hydrogen-bond acceptors (Lipinski definition) is 1. The lowest BCUT2D eigenvalue weighted by atomic mass is 9.69. The molecule has 1 fully saturated rings. The lowest BCUT2D eigenvalue weighted by Crippen LogP contribution is -2.25. The molecule has 2 heteroatoms. The van der Waals surface area contributed by atoms with Crippen LogP contribution in [0.3, 0.4) is 0 Å². The van der Waals surface area contributed by atoms with Crippen molar-refractivity contribution in [1.29, 1.82) is 0 Å². The first-order valence-electron chi connectivity index (χ1n) is 8.93. The van der Waals surface area contributed by atoms with Crippen LogP contribution in [-0.4, -0.2) is 17.4 Å². The maximum absolute atomic E-state index is 11.8. The fourth-order valence-electron chi connectivity index (χ4n) is 3.48. The van der Waals surface area contributed by atoms with E-state index in [1.165, 1.54) is 17.5 Å². The Morgan fingerprint density at radius 3 is 2.09 bits per heavy atom. The van der Waals surface area contributed by atoms with Gasteiger partial charge in [0.2, 0.25) is 5.91 Å². The molecule has 1 aromatic carbocycles. The third-order valence-electron chi connectivity index (χ3n) is 4.79. The zero-order valence-corrected chi connectivity index (χ0v) is 15.8. The average molecular weight is 316 g/mol. The number of rotatable bonds is 4. The molecule has 1 amide bonds. The summed E-state index contributed by atoms with van der Waals surface area (Å²) in [4.78, 5) is 13.7. The fourth-order valence-corrected chi connectivity index (χ4v) is 3.48. The zero-order valence-electron chi connectivity index (χ0n) is 15.8. The minimum absolute atomic E-state index is 0.250. The van der Waals surface area contributed by atoms with Crippen LogP contribution in [0, 0.1) is 10.8 Å². The molecular formula is C21H33NO. The second kappa shape index (κ2) is 6.67. The normalized spacial score (nSPS) is 17.7. The quantitative estimate of drug-likeness (QED) is 0.731. The first-order chi connectivity index (χ1) is 10.6. The van der Waals surface area contributed by atoms with Crippen LogP contribution in [0.15, 0.2) is 24.3 Å². The molecule has 1 aliphatic rings. The molecule has 1 saturated heterocycles. The molecule has 1 unspecified atom stereocenters. The van der Waals surface area contributed by atoms with Crippen LogP contribution in [0.4, 0.5) is 0 Å². The van der Waals surface area contributed by atoms with Gasteiger partial charge in [-0.3, -0.25) is 4.79 Å². The number of carbonyl (C=O) groups is 1. The van der Waals surface area contributed by atoms with Crippen molar-refractivity contribution in [2.75, 3.05) is 6.54 Å². The molecule has 2 nitrogen and oxygen atoms in total. The molecule has 0 aromatic heterocycles. The van der Waals surface area contributed by atoms with E-state index < -0.39 is 0 Å². The molecule has 1 aliphatic heterocycles. The van der Waals surface area contributed by atoms with E-state index in [1.54, 1.807) is 0 Å². The number of carbonyl (C=O) groups excluding carboxylic acids is 1. The first kappa shape index (κ1) is 18.0. The maximum Gasteiger partial charge on any atom is 0.222 e. The largest absolute Gasteiger partial charge is 0.338 e. The third kappa shape index (κ3) is 5.09. The van der Waals surface area contributed by atoms with Crippen molar-refractivity contribution < 1.29 is 4.79 Å². The van der Waals surface area contributed by atoms with Crippen LogP contribution in [0.5, 0.6) is 0 Å². The highest BCUT2D eigenvalue weighted by Crippen LogP contribution is 2.43. The number of hydrogen-bond donors (Lipinski definition) is 0. The Labute approximate surface area is 142 Å². The summed E-state index contributed by atoms with van der Waals surface area (Å²) in [5.74, 6) is 0.847. The monoisotopic (exact) mass is 315 g/mol. The molecule has 0 radical (unpaired) electrons. The molecule has 23 heavy (non-hydrogen) atoms. The Morgan fingerprint density at radius 1 is 1.04 bits per heavy atom. The highest BCUT2D eigenvalue weighted by Gasteiger charge is 2.30. The molecule has 0 spiro atoms. The van der Waals surface area contributed by atoms with Crippen LogP contribution in [0.1, 0.15) is 77.8 Å². The molecule has 1 atom stereocenters. The summed E-state index contributed by atoms with van der Waals surface area (Å²) >= 11 is 0. The van der Waals surface area contributed by atoms with Crippen molar-refractivity contribution in [2.45, 2.75) is 73.3 Å². The summed E-state index contributed by atoms with van der Waals surface area (Å²) in [7, 11) is 0. The number of nitrogens with zero attached hydrogens (tertiary/aromatic N) is 1. The molecule has 1 aromatic rings. The predicted molar refractivity (Wildman–Crippen MR) is 97.4 cm³/mol. The predicted octanol–water partition coefficient (Wildman–Crippen LogP) is 5.37. The topological polar surface area (TPSA) is 20.3 Å². The summed E-state index contributed by atoms with van der Waals surface area (Å²) < 4.78 is 0.